The van der Waals surface area contributed by atoms with Crippen molar-refractivity contribution in [2.24, 2.45) is 10.8 Å². The number of hydrogen-bond acceptors (Lipinski definition) is 0. The third-order valence-corrected chi connectivity index (χ3v) is 6.39. The molecule has 0 aliphatic rings. The first kappa shape index (κ1) is 22.5. The van der Waals surface area contributed by atoms with Crippen LogP contribution in [0.4, 0.5) is 8.78 Å². The first-order chi connectivity index (χ1) is 12.5. The van der Waals surface area contributed by atoms with Crippen molar-refractivity contribution in [3.05, 3.63) is 68.1 Å². The molecule has 0 N–H and O–H groups in total. The summed E-state index contributed by atoms with van der Waals surface area (Å²) in [5.41, 5.74) is 2.37. The van der Waals surface area contributed by atoms with E-state index in [1.807, 2.05) is 12.1 Å². The molecular formula is C23H28Br2F2. The molecule has 0 radical (unpaired) electrons. The van der Waals surface area contributed by atoms with E-state index >= 15 is 0 Å². The lowest BCUT2D eigenvalue weighted by atomic mass is 9.70. The maximum absolute atomic E-state index is 13.7. The number of benzene rings is 2. The summed E-state index contributed by atoms with van der Waals surface area (Å²) in [6, 6.07) is 10.8. The molecule has 0 fully saturated rings. The number of hydrogen-bond donors (Lipinski definition) is 0. The molecule has 2 rings (SSSR count). The quantitative estimate of drug-likeness (QED) is 0.340. The van der Waals surface area contributed by atoms with Gasteiger partial charge in [-0.1, -0.05) is 39.8 Å². The molecule has 0 saturated heterocycles. The monoisotopic (exact) mass is 500 g/mol. The Morgan fingerprint density at radius 3 is 1.41 bits per heavy atom. The second kappa shape index (κ2) is 9.17. The van der Waals surface area contributed by atoms with Crippen LogP contribution in [0.25, 0.3) is 0 Å². The van der Waals surface area contributed by atoms with Crippen LogP contribution in [0.2, 0.25) is 0 Å². The zero-order valence-electron chi connectivity index (χ0n) is 16.5. The fourth-order valence-electron chi connectivity index (χ4n) is 3.83. The van der Waals surface area contributed by atoms with Crippen LogP contribution in [0, 0.1) is 22.5 Å². The summed E-state index contributed by atoms with van der Waals surface area (Å²) in [6.07, 6.45) is 4.81. The zero-order chi connectivity index (χ0) is 20.2. The summed E-state index contributed by atoms with van der Waals surface area (Å²) in [7, 11) is 0. The predicted molar refractivity (Wildman–Crippen MR) is 117 cm³/mol. The van der Waals surface area contributed by atoms with Crippen molar-refractivity contribution in [1.29, 1.82) is 0 Å². The van der Waals surface area contributed by atoms with E-state index in [-0.39, 0.29) is 22.5 Å². The Hall–Kier alpha value is -0.740. The molecule has 0 unspecified atom stereocenters. The summed E-state index contributed by atoms with van der Waals surface area (Å²) in [5.74, 6) is -0.403. The highest BCUT2D eigenvalue weighted by atomic mass is 79.9. The Bertz CT molecular complexity index is 716. The van der Waals surface area contributed by atoms with Crippen molar-refractivity contribution in [2.45, 2.75) is 59.8 Å². The van der Waals surface area contributed by atoms with Crippen LogP contribution in [0.5, 0.6) is 0 Å². The molecule has 0 spiro atoms. The number of aryl methyl sites for hydroxylation is 2. The van der Waals surface area contributed by atoms with Crippen LogP contribution < -0.4 is 0 Å². The van der Waals surface area contributed by atoms with E-state index in [2.05, 4.69) is 59.6 Å². The lowest BCUT2D eigenvalue weighted by Gasteiger charge is -2.35. The molecule has 0 heterocycles. The van der Waals surface area contributed by atoms with E-state index in [0.29, 0.717) is 8.95 Å². The van der Waals surface area contributed by atoms with Crippen LogP contribution in [-0.2, 0) is 12.8 Å². The van der Waals surface area contributed by atoms with Crippen molar-refractivity contribution >= 4 is 31.9 Å². The van der Waals surface area contributed by atoms with Crippen LogP contribution in [0.15, 0.2) is 45.3 Å². The molecule has 0 atom stereocenters. The molecule has 148 valence electrons. The highest BCUT2D eigenvalue weighted by molar-refractivity contribution is 9.10. The van der Waals surface area contributed by atoms with Gasteiger partial charge in [-0.25, -0.2) is 8.78 Å². The Balaban J connectivity index is 1.91. The molecule has 0 aliphatic heterocycles. The van der Waals surface area contributed by atoms with Gasteiger partial charge in [0.1, 0.15) is 11.6 Å². The average Bonchev–Trinajstić information content (AvgIpc) is 2.56. The van der Waals surface area contributed by atoms with Crippen LogP contribution in [0.3, 0.4) is 0 Å². The smallest absolute Gasteiger partial charge is 0.137 e. The maximum Gasteiger partial charge on any atom is 0.137 e. The molecule has 0 saturated carbocycles. The molecule has 0 aliphatic carbocycles. The Labute approximate surface area is 179 Å². The van der Waals surface area contributed by atoms with E-state index in [1.165, 1.54) is 0 Å². The lowest BCUT2D eigenvalue weighted by molar-refractivity contribution is 0.172. The van der Waals surface area contributed by atoms with Crippen molar-refractivity contribution in [1.82, 2.24) is 0 Å². The van der Waals surface area contributed by atoms with E-state index in [0.717, 1.165) is 43.2 Å². The van der Waals surface area contributed by atoms with Gasteiger partial charge in [-0.05, 0) is 110 Å². The first-order valence-corrected chi connectivity index (χ1v) is 10.9. The minimum absolute atomic E-state index is 0.151. The maximum atomic E-state index is 13.7. The Morgan fingerprint density at radius 1 is 0.704 bits per heavy atom. The third kappa shape index (κ3) is 7.30. The molecule has 0 aromatic heterocycles. The van der Waals surface area contributed by atoms with Gasteiger partial charge in [0.05, 0.1) is 8.95 Å². The molecule has 4 heteroatoms. The summed E-state index contributed by atoms with van der Waals surface area (Å²) in [4.78, 5) is 0. The molecule has 0 bridgehead atoms. The summed E-state index contributed by atoms with van der Waals surface area (Å²) >= 11 is 6.41. The van der Waals surface area contributed by atoms with Crippen LogP contribution in [0.1, 0.15) is 58.1 Å². The fraction of sp³-hybridized carbons (Fsp3) is 0.478. The fourth-order valence-corrected chi connectivity index (χ4v) is 4.32. The van der Waals surface area contributed by atoms with Gasteiger partial charge in [-0.2, -0.15) is 0 Å². The van der Waals surface area contributed by atoms with Crippen molar-refractivity contribution in [3.8, 4) is 0 Å². The lowest BCUT2D eigenvalue weighted by Crippen LogP contribution is -2.24. The summed E-state index contributed by atoms with van der Waals surface area (Å²) in [5, 5.41) is 0. The van der Waals surface area contributed by atoms with Gasteiger partial charge in [-0.3, -0.25) is 0 Å². The minimum Gasteiger partial charge on any atom is -0.206 e. The average molecular weight is 502 g/mol. The predicted octanol–water partition coefficient (Wildman–Crippen LogP) is 8.50. The van der Waals surface area contributed by atoms with E-state index in [9.17, 15) is 8.78 Å². The van der Waals surface area contributed by atoms with Gasteiger partial charge in [0.25, 0.3) is 0 Å². The van der Waals surface area contributed by atoms with Gasteiger partial charge < -0.3 is 0 Å². The van der Waals surface area contributed by atoms with Crippen molar-refractivity contribution < 1.29 is 8.78 Å². The largest absolute Gasteiger partial charge is 0.206 e. The third-order valence-electron chi connectivity index (χ3n) is 5.11. The van der Waals surface area contributed by atoms with Crippen molar-refractivity contribution in [3.63, 3.8) is 0 Å². The van der Waals surface area contributed by atoms with Gasteiger partial charge in [0, 0.05) is 0 Å². The SMILES string of the molecule is CC(C)(CCc1ccc(Br)c(F)c1)CC(C)(C)CCc1ccc(Br)c(F)c1. The van der Waals surface area contributed by atoms with Crippen LogP contribution in [-0.4, -0.2) is 0 Å². The van der Waals surface area contributed by atoms with E-state index in [1.54, 1.807) is 24.3 Å². The molecule has 0 nitrogen and oxygen atoms in total. The summed E-state index contributed by atoms with van der Waals surface area (Å²) < 4.78 is 28.4. The number of halogens is 4. The van der Waals surface area contributed by atoms with Crippen LogP contribution >= 0.6 is 31.9 Å². The molecule has 0 amide bonds. The zero-order valence-corrected chi connectivity index (χ0v) is 19.7. The van der Waals surface area contributed by atoms with Gasteiger partial charge in [0.2, 0.25) is 0 Å². The highest BCUT2D eigenvalue weighted by Gasteiger charge is 2.28. The Morgan fingerprint density at radius 2 is 1.07 bits per heavy atom. The number of rotatable bonds is 8. The van der Waals surface area contributed by atoms with Gasteiger partial charge in [0.15, 0.2) is 0 Å². The standard InChI is InChI=1S/C23H28Br2F2/c1-22(2,11-9-16-5-7-18(24)20(26)13-16)15-23(3,4)12-10-17-6-8-19(25)21(27)14-17/h5-8,13-14H,9-12,15H2,1-4H3. The second-order valence-corrected chi connectivity index (χ2v) is 10.7. The Kier molecular flexibility index (Phi) is 7.66. The topological polar surface area (TPSA) is 0 Å². The molecule has 2 aromatic carbocycles. The van der Waals surface area contributed by atoms with Gasteiger partial charge in [-0.15, -0.1) is 0 Å². The summed E-state index contributed by atoms with van der Waals surface area (Å²) in [6.45, 7) is 9.12. The minimum atomic E-state index is -0.202. The second-order valence-electron chi connectivity index (χ2n) is 9.00. The first-order valence-electron chi connectivity index (χ1n) is 9.35. The molecule has 2 aromatic rings. The van der Waals surface area contributed by atoms with E-state index < -0.39 is 0 Å². The van der Waals surface area contributed by atoms with Gasteiger partial charge >= 0.3 is 0 Å². The van der Waals surface area contributed by atoms with Crippen molar-refractivity contribution in [2.75, 3.05) is 0 Å². The molecule has 27 heavy (non-hydrogen) atoms. The molecular weight excluding hydrogens is 474 g/mol. The highest BCUT2D eigenvalue weighted by Crippen LogP contribution is 2.40. The normalized spacial score (nSPS) is 12.4. The van der Waals surface area contributed by atoms with E-state index in [4.69, 9.17) is 0 Å².